The Morgan fingerprint density at radius 1 is 1.00 bits per heavy atom. The Bertz CT molecular complexity index is 116. The van der Waals surface area contributed by atoms with Crippen LogP contribution in [0, 0.1) is 0 Å². The second-order valence-corrected chi connectivity index (χ2v) is 3.27. The van der Waals surface area contributed by atoms with Gasteiger partial charge in [0.2, 0.25) is 0 Å². The lowest BCUT2D eigenvalue weighted by Crippen LogP contribution is -1.79. The molecular formula is C13H26. The Balaban J connectivity index is 0. The summed E-state index contributed by atoms with van der Waals surface area (Å²) in [6, 6.07) is 0. The average molecular weight is 182 g/mol. The van der Waals surface area contributed by atoms with Crippen molar-refractivity contribution >= 4 is 0 Å². The predicted molar refractivity (Wildman–Crippen MR) is 64.1 cm³/mol. The van der Waals surface area contributed by atoms with Crippen LogP contribution in [0.25, 0.3) is 0 Å². The van der Waals surface area contributed by atoms with Gasteiger partial charge in [-0.1, -0.05) is 51.0 Å². The van der Waals surface area contributed by atoms with Gasteiger partial charge in [0.15, 0.2) is 0 Å². The predicted octanol–water partition coefficient (Wildman–Crippen LogP) is 5.12. The molecule has 0 aromatic carbocycles. The van der Waals surface area contributed by atoms with Crippen LogP contribution in [0.5, 0.6) is 0 Å². The first-order valence-electron chi connectivity index (χ1n) is 5.46. The standard InChI is InChI=1S/C9H18.C4H8/c1-4-6-8-9(3)7-5-2;1-3-4-2/h3-8H2,1-2H3;3-4H,1-2H3/b;4-3+. The summed E-state index contributed by atoms with van der Waals surface area (Å²) < 4.78 is 0. The molecule has 0 aliphatic carbocycles. The molecule has 0 unspecified atom stereocenters. The van der Waals surface area contributed by atoms with Gasteiger partial charge in [-0.15, -0.1) is 0 Å². The maximum Gasteiger partial charge on any atom is -0.0323 e. The molecule has 0 aliphatic heterocycles. The van der Waals surface area contributed by atoms with Crippen molar-refractivity contribution in [2.24, 2.45) is 0 Å². The third kappa shape index (κ3) is 18.4. The fraction of sp³-hybridized carbons (Fsp3) is 0.692. The molecular weight excluding hydrogens is 156 g/mol. The van der Waals surface area contributed by atoms with Crippen molar-refractivity contribution in [1.82, 2.24) is 0 Å². The lowest BCUT2D eigenvalue weighted by atomic mass is 10.1. The normalized spacial score (nSPS) is 9.54. The first-order valence-corrected chi connectivity index (χ1v) is 5.46. The Morgan fingerprint density at radius 2 is 1.54 bits per heavy atom. The summed E-state index contributed by atoms with van der Waals surface area (Å²) in [7, 11) is 0. The van der Waals surface area contributed by atoms with Gasteiger partial charge in [0.1, 0.15) is 0 Å². The molecule has 0 heterocycles. The molecule has 0 aromatic rings. The van der Waals surface area contributed by atoms with Gasteiger partial charge in [-0.25, -0.2) is 0 Å². The summed E-state index contributed by atoms with van der Waals surface area (Å²) in [5.74, 6) is 0. The van der Waals surface area contributed by atoms with Gasteiger partial charge in [0.25, 0.3) is 0 Å². The van der Waals surface area contributed by atoms with Crippen LogP contribution >= 0.6 is 0 Å². The molecule has 78 valence electrons. The minimum Gasteiger partial charge on any atom is -0.0999 e. The second-order valence-electron chi connectivity index (χ2n) is 3.27. The zero-order valence-corrected chi connectivity index (χ0v) is 9.90. The molecule has 0 heteroatoms. The van der Waals surface area contributed by atoms with Crippen molar-refractivity contribution in [3.05, 3.63) is 24.3 Å². The third-order valence-corrected chi connectivity index (χ3v) is 1.82. The first kappa shape index (κ1) is 15.0. The summed E-state index contributed by atoms with van der Waals surface area (Å²) in [5, 5.41) is 0. The van der Waals surface area contributed by atoms with E-state index < -0.39 is 0 Å². The Labute approximate surface area is 84.7 Å². The molecule has 13 heavy (non-hydrogen) atoms. The quantitative estimate of drug-likeness (QED) is 0.518. The monoisotopic (exact) mass is 182 g/mol. The molecule has 0 fully saturated rings. The molecule has 0 amide bonds. The van der Waals surface area contributed by atoms with Crippen LogP contribution in [-0.4, -0.2) is 0 Å². The van der Waals surface area contributed by atoms with E-state index in [1.54, 1.807) is 0 Å². The van der Waals surface area contributed by atoms with E-state index in [-0.39, 0.29) is 0 Å². The van der Waals surface area contributed by atoms with Gasteiger partial charge in [-0.05, 0) is 33.1 Å². The Morgan fingerprint density at radius 3 is 1.85 bits per heavy atom. The van der Waals surface area contributed by atoms with Crippen molar-refractivity contribution in [2.45, 2.75) is 59.8 Å². The van der Waals surface area contributed by atoms with Gasteiger partial charge in [-0.3, -0.25) is 0 Å². The molecule has 0 aliphatic rings. The van der Waals surface area contributed by atoms with E-state index in [2.05, 4.69) is 20.4 Å². The molecule has 0 spiro atoms. The minimum atomic E-state index is 1.22. The van der Waals surface area contributed by atoms with E-state index >= 15 is 0 Å². The van der Waals surface area contributed by atoms with E-state index in [1.807, 2.05) is 26.0 Å². The molecule has 0 radical (unpaired) electrons. The largest absolute Gasteiger partial charge is 0.0999 e. The van der Waals surface area contributed by atoms with Gasteiger partial charge in [0, 0.05) is 0 Å². The van der Waals surface area contributed by atoms with Crippen molar-refractivity contribution in [3.63, 3.8) is 0 Å². The summed E-state index contributed by atoms with van der Waals surface area (Å²) in [4.78, 5) is 0. The summed E-state index contributed by atoms with van der Waals surface area (Å²) in [6.07, 6.45) is 10.3. The van der Waals surface area contributed by atoms with Gasteiger partial charge >= 0.3 is 0 Å². The molecule has 0 saturated carbocycles. The zero-order valence-electron chi connectivity index (χ0n) is 9.90. The van der Waals surface area contributed by atoms with E-state index in [4.69, 9.17) is 0 Å². The molecule has 0 N–H and O–H groups in total. The Hall–Kier alpha value is -0.520. The Kier molecular flexibility index (Phi) is 16.2. The van der Waals surface area contributed by atoms with Crippen LogP contribution in [-0.2, 0) is 0 Å². The van der Waals surface area contributed by atoms with E-state index in [1.165, 1.54) is 37.7 Å². The lowest BCUT2D eigenvalue weighted by molar-refractivity contribution is 0.746. The topological polar surface area (TPSA) is 0 Å². The van der Waals surface area contributed by atoms with Crippen LogP contribution in [0.2, 0.25) is 0 Å². The number of hydrogen-bond acceptors (Lipinski definition) is 0. The molecule has 0 saturated heterocycles. The molecule has 0 atom stereocenters. The van der Waals surface area contributed by atoms with Crippen molar-refractivity contribution < 1.29 is 0 Å². The van der Waals surface area contributed by atoms with E-state index in [0.29, 0.717) is 0 Å². The fourth-order valence-electron chi connectivity index (χ4n) is 0.905. The first-order chi connectivity index (χ1) is 6.22. The summed E-state index contributed by atoms with van der Waals surface area (Å²) >= 11 is 0. The summed E-state index contributed by atoms with van der Waals surface area (Å²) in [5.41, 5.74) is 1.43. The van der Waals surface area contributed by atoms with Crippen LogP contribution < -0.4 is 0 Å². The second kappa shape index (κ2) is 14.0. The highest BCUT2D eigenvalue weighted by Crippen LogP contribution is 2.09. The van der Waals surface area contributed by atoms with Crippen molar-refractivity contribution in [2.75, 3.05) is 0 Å². The smallest absolute Gasteiger partial charge is 0.0323 e. The van der Waals surface area contributed by atoms with Crippen LogP contribution in [0.1, 0.15) is 59.8 Å². The van der Waals surface area contributed by atoms with E-state index in [9.17, 15) is 0 Å². The molecule has 0 bridgehead atoms. The van der Waals surface area contributed by atoms with E-state index in [0.717, 1.165) is 0 Å². The number of rotatable bonds is 5. The van der Waals surface area contributed by atoms with Gasteiger partial charge in [-0.2, -0.15) is 0 Å². The lowest BCUT2D eigenvalue weighted by Gasteiger charge is -2.00. The van der Waals surface area contributed by atoms with Crippen LogP contribution in [0.15, 0.2) is 24.3 Å². The van der Waals surface area contributed by atoms with Gasteiger partial charge in [0.05, 0.1) is 0 Å². The fourth-order valence-corrected chi connectivity index (χ4v) is 0.905. The SMILES string of the molecule is C/C=C/C.C=C(CCC)CCCC. The zero-order chi connectivity index (χ0) is 10.5. The molecule has 0 nitrogen and oxygen atoms in total. The van der Waals surface area contributed by atoms with Crippen LogP contribution in [0.3, 0.4) is 0 Å². The third-order valence-electron chi connectivity index (χ3n) is 1.82. The van der Waals surface area contributed by atoms with Crippen molar-refractivity contribution in [1.29, 1.82) is 0 Å². The highest BCUT2D eigenvalue weighted by atomic mass is 14.0. The van der Waals surface area contributed by atoms with Crippen molar-refractivity contribution in [3.8, 4) is 0 Å². The van der Waals surface area contributed by atoms with Gasteiger partial charge < -0.3 is 0 Å². The van der Waals surface area contributed by atoms with Crippen LogP contribution in [0.4, 0.5) is 0 Å². The molecule has 0 rings (SSSR count). The number of allylic oxidation sites excluding steroid dienone is 3. The maximum absolute atomic E-state index is 3.98. The summed E-state index contributed by atoms with van der Waals surface area (Å²) in [6.45, 7) is 12.4. The average Bonchev–Trinajstić information content (AvgIpc) is 2.16. The molecule has 0 aromatic heterocycles. The maximum atomic E-state index is 3.98. The number of unbranched alkanes of at least 4 members (excludes halogenated alkanes) is 1. The highest BCUT2D eigenvalue weighted by Gasteiger charge is 1.89. The highest BCUT2D eigenvalue weighted by molar-refractivity contribution is 4.92. The minimum absolute atomic E-state index is 1.22. The number of hydrogen-bond donors (Lipinski definition) is 0.